The number of rotatable bonds is 7. The van der Waals surface area contributed by atoms with Crippen molar-refractivity contribution in [3.63, 3.8) is 0 Å². The highest BCUT2D eigenvalue weighted by Gasteiger charge is 2.12. The lowest BCUT2D eigenvalue weighted by molar-refractivity contribution is -0.384. The number of hydrogen-bond donors (Lipinski definition) is 1. The van der Waals surface area contributed by atoms with E-state index >= 15 is 0 Å². The molecule has 0 bridgehead atoms. The summed E-state index contributed by atoms with van der Waals surface area (Å²) in [4.78, 5) is 36.7. The van der Waals surface area contributed by atoms with E-state index in [1.54, 1.807) is 24.3 Å². The number of likely N-dealkylation sites (N-methyl/N-ethyl adjacent to an activating group) is 1. The largest absolute Gasteiger partial charge is 0.333 e. The molecular formula is C19H19N3O4S. The molecule has 2 rings (SSSR count). The van der Waals surface area contributed by atoms with Crippen molar-refractivity contribution in [2.45, 2.75) is 4.90 Å². The molecule has 1 N–H and O–H groups in total. The first kappa shape index (κ1) is 20.2. The Kier molecular flexibility index (Phi) is 7.13. The van der Waals surface area contributed by atoms with Crippen molar-refractivity contribution in [2.24, 2.45) is 0 Å². The monoisotopic (exact) mass is 385 g/mol. The molecule has 0 aliphatic heterocycles. The maximum absolute atomic E-state index is 12.2. The van der Waals surface area contributed by atoms with Crippen LogP contribution in [0.3, 0.4) is 0 Å². The van der Waals surface area contributed by atoms with Crippen LogP contribution >= 0.6 is 11.8 Å². The maximum Gasteiger partial charge on any atom is 0.269 e. The zero-order valence-electron chi connectivity index (χ0n) is 14.9. The van der Waals surface area contributed by atoms with Crippen molar-refractivity contribution >= 4 is 41.0 Å². The van der Waals surface area contributed by atoms with Crippen LogP contribution in [-0.2, 0) is 9.59 Å². The lowest BCUT2D eigenvalue weighted by Gasteiger charge is -2.15. The van der Waals surface area contributed by atoms with Gasteiger partial charge in [-0.05, 0) is 42.2 Å². The predicted octanol–water partition coefficient (Wildman–Crippen LogP) is 3.43. The molecule has 8 heteroatoms. The molecule has 7 nitrogen and oxygen atoms in total. The molecule has 0 saturated carbocycles. The SMILES string of the molecule is CSc1ccccc1NC(=O)CN(C)C(=O)C=Cc1ccc([N+](=O)[O-])cc1. The molecule has 2 aromatic carbocycles. The third-order valence-corrected chi connectivity index (χ3v) is 4.46. The van der Waals surface area contributed by atoms with Crippen LogP contribution in [0.15, 0.2) is 59.5 Å². The second-order valence-electron chi connectivity index (χ2n) is 5.62. The third kappa shape index (κ3) is 5.96. The van der Waals surface area contributed by atoms with E-state index in [2.05, 4.69) is 5.32 Å². The van der Waals surface area contributed by atoms with Gasteiger partial charge in [0.25, 0.3) is 5.69 Å². The van der Waals surface area contributed by atoms with E-state index in [1.165, 1.54) is 41.9 Å². The lowest BCUT2D eigenvalue weighted by atomic mass is 10.2. The second-order valence-corrected chi connectivity index (χ2v) is 6.47. The van der Waals surface area contributed by atoms with Gasteiger partial charge in [0.05, 0.1) is 17.2 Å². The molecule has 0 heterocycles. The highest BCUT2D eigenvalue weighted by molar-refractivity contribution is 7.98. The topological polar surface area (TPSA) is 92.6 Å². The average molecular weight is 385 g/mol. The average Bonchev–Trinajstić information content (AvgIpc) is 2.66. The fourth-order valence-electron chi connectivity index (χ4n) is 2.23. The van der Waals surface area contributed by atoms with E-state index in [4.69, 9.17) is 0 Å². The minimum atomic E-state index is -0.486. The van der Waals surface area contributed by atoms with Gasteiger partial charge in [-0.15, -0.1) is 11.8 Å². The van der Waals surface area contributed by atoms with Crippen LogP contribution in [-0.4, -0.2) is 41.5 Å². The van der Waals surface area contributed by atoms with Crippen LogP contribution in [0.1, 0.15) is 5.56 Å². The Bertz CT molecular complexity index is 866. The summed E-state index contributed by atoms with van der Waals surface area (Å²) in [5, 5.41) is 13.4. The standard InChI is InChI=1S/C19H19N3O4S/c1-21(13-18(23)20-16-5-3-4-6-17(16)27-2)19(24)12-9-14-7-10-15(11-8-14)22(25)26/h3-12H,13H2,1-2H3,(H,20,23). The molecule has 0 unspecified atom stereocenters. The van der Waals surface area contributed by atoms with Crippen LogP contribution < -0.4 is 5.32 Å². The van der Waals surface area contributed by atoms with Gasteiger partial charge >= 0.3 is 0 Å². The summed E-state index contributed by atoms with van der Waals surface area (Å²) < 4.78 is 0. The number of hydrogen-bond acceptors (Lipinski definition) is 5. The molecule has 0 saturated heterocycles. The number of thioether (sulfide) groups is 1. The number of amides is 2. The Labute approximate surface area is 161 Å². The molecule has 0 radical (unpaired) electrons. The molecule has 0 aromatic heterocycles. The molecule has 0 aliphatic carbocycles. The van der Waals surface area contributed by atoms with E-state index < -0.39 is 4.92 Å². The Morgan fingerprint density at radius 3 is 2.48 bits per heavy atom. The zero-order chi connectivity index (χ0) is 19.8. The summed E-state index contributed by atoms with van der Waals surface area (Å²) in [5.74, 6) is -0.641. The molecule has 0 fully saturated rings. The number of carbonyl (C=O) groups is 2. The normalized spacial score (nSPS) is 10.6. The van der Waals surface area contributed by atoms with Crippen molar-refractivity contribution in [3.05, 3.63) is 70.3 Å². The van der Waals surface area contributed by atoms with Gasteiger partial charge < -0.3 is 10.2 Å². The minimum Gasteiger partial charge on any atom is -0.333 e. The first-order chi connectivity index (χ1) is 12.9. The number of anilines is 1. The van der Waals surface area contributed by atoms with Gasteiger partial charge in [0.15, 0.2) is 0 Å². The van der Waals surface area contributed by atoms with E-state index in [0.29, 0.717) is 11.3 Å². The summed E-state index contributed by atoms with van der Waals surface area (Å²) >= 11 is 1.52. The number of benzene rings is 2. The Balaban J connectivity index is 1.92. The summed E-state index contributed by atoms with van der Waals surface area (Å²) in [7, 11) is 1.53. The maximum atomic E-state index is 12.2. The number of nitrogens with zero attached hydrogens (tertiary/aromatic N) is 2. The minimum absolute atomic E-state index is 0.0159. The van der Waals surface area contributed by atoms with Gasteiger partial charge in [0, 0.05) is 30.2 Å². The van der Waals surface area contributed by atoms with Gasteiger partial charge in [-0.25, -0.2) is 0 Å². The number of non-ortho nitro benzene ring substituents is 1. The number of carbonyl (C=O) groups excluding carboxylic acids is 2. The van der Waals surface area contributed by atoms with Gasteiger partial charge in [-0.3, -0.25) is 19.7 Å². The highest BCUT2D eigenvalue weighted by atomic mass is 32.2. The van der Waals surface area contributed by atoms with Crippen molar-refractivity contribution in [2.75, 3.05) is 25.2 Å². The smallest absolute Gasteiger partial charge is 0.269 e. The summed E-state index contributed by atoms with van der Waals surface area (Å²) in [6.07, 6.45) is 4.79. The first-order valence-corrected chi connectivity index (χ1v) is 9.23. The van der Waals surface area contributed by atoms with Gasteiger partial charge in [0.1, 0.15) is 0 Å². The van der Waals surface area contributed by atoms with Crippen LogP contribution in [0.4, 0.5) is 11.4 Å². The van der Waals surface area contributed by atoms with Gasteiger partial charge in [-0.1, -0.05) is 12.1 Å². The molecular weight excluding hydrogens is 366 g/mol. The van der Waals surface area contributed by atoms with Crippen molar-refractivity contribution in [1.82, 2.24) is 4.90 Å². The quantitative estimate of drug-likeness (QED) is 0.341. The highest BCUT2D eigenvalue weighted by Crippen LogP contribution is 2.24. The fraction of sp³-hybridized carbons (Fsp3) is 0.158. The Morgan fingerprint density at radius 2 is 1.85 bits per heavy atom. The summed E-state index contributed by atoms with van der Waals surface area (Å²) in [5.41, 5.74) is 1.34. The molecule has 27 heavy (non-hydrogen) atoms. The second kappa shape index (κ2) is 9.54. The Morgan fingerprint density at radius 1 is 1.19 bits per heavy atom. The van der Waals surface area contributed by atoms with Crippen molar-refractivity contribution < 1.29 is 14.5 Å². The zero-order valence-corrected chi connectivity index (χ0v) is 15.7. The Hall–Kier alpha value is -3.13. The van der Waals surface area contributed by atoms with Crippen LogP contribution in [0.5, 0.6) is 0 Å². The molecule has 2 aromatic rings. The van der Waals surface area contributed by atoms with E-state index in [1.807, 2.05) is 24.5 Å². The van der Waals surface area contributed by atoms with Crippen LogP contribution in [0, 0.1) is 10.1 Å². The van der Waals surface area contributed by atoms with E-state index in [-0.39, 0.29) is 24.0 Å². The summed E-state index contributed by atoms with van der Waals surface area (Å²) in [6, 6.07) is 13.3. The first-order valence-electron chi connectivity index (χ1n) is 8.01. The van der Waals surface area contributed by atoms with Crippen LogP contribution in [0.25, 0.3) is 6.08 Å². The fourth-order valence-corrected chi connectivity index (χ4v) is 2.79. The van der Waals surface area contributed by atoms with Crippen molar-refractivity contribution in [1.29, 1.82) is 0 Å². The van der Waals surface area contributed by atoms with E-state index in [0.717, 1.165) is 4.90 Å². The van der Waals surface area contributed by atoms with Gasteiger partial charge in [0.2, 0.25) is 11.8 Å². The molecule has 140 valence electrons. The molecule has 0 aliphatic rings. The van der Waals surface area contributed by atoms with E-state index in [9.17, 15) is 19.7 Å². The number of nitro groups is 1. The van der Waals surface area contributed by atoms with Crippen LogP contribution in [0.2, 0.25) is 0 Å². The van der Waals surface area contributed by atoms with Gasteiger partial charge in [-0.2, -0.15) is 0 Å². The lowest BCUT2D eigenvalue weighted by Crippen LogP contribution is -2.33. The predicted molar refractivity (Wildman–Crippen MR) is 107 cm³/mol. The summed E-state index contributed by atoms with van der Waals surface area (Å²) in [6.45, 7) is -0.0911. The number of nitrogens with one attached hydrogen (secondary N) is 1. The number of para-hydroxylation sites is 1. The molecule has 2 amide bonds. The third-order valence-electron chi connectivity index (χ3n) is 3.66. The molecule has 0 spiro atoms. The molecule has 0 atom stereocenters. The number of nitro benzene ring substituents is 1. The van der Waals surface area contributed by atoms with Crippen molar-refractivity contribution in [3.8, 4) is 0 Å².